The summed E-state index contributed by atoms with van der Waals surface area (Å²) in [7, 11) is 0. The van der Waals surface area contributed by atoms with Crippen LogP contribution in [0.15, 0.2) is 5.38 Å². The molecular formula is C10H16N2S2. The van der Waals surface area contributed by atoms with Gasteiger partial charge in [-0.1, -0.05) is 6.92 Å². The first-order valence-corrected chi connectivity index (χ1v) is 7.20. The van der Waals surface area contributed by atoms with Crippen LogP contribution in [0.25, 0.3) is 0 Å². The van der Waals surface area contributed by atoms with Crippen LogP contribution in [0.5, 0.6) is 0 Å². The van der Waals surface area contributed by atoms with E-state index in [1.807, 2.05) is 0 Å². The maximum Gasteiger partial charge on any atom is 0.183 e. The van der Waals surface area contributed by atoms with E-state index in [1.54, 1.807) is 11.3 Å². The number of anilines is 1. The zero-order valence-electron chi connectivity index (χ0n) is 8.45. The quantitative estimate of drug-likeness (QED) is 0.861. The van der Waals surface area contributed by atoms with Crippen LogP contribution in [0.3, 0.4) is 0 Å². The van der Waals surface area contributed by atoms with Gasteiger partial charge in [0.15, 0.2) is 5.13 Å². The maximum atomic E-state index is 4.52. The molecule has 0 radical (unpaired) electrons. The highest BCUT2D eigenvalue weighted by Crippen LogP contribution is 2.23. The van der Waals surface area contributed by atoms with Gasteiger partial charge in [-0.05, 0) is 30.8 Å². The molecule has 0 saturated carbocycles. The summed E-state index contributed by atoms with van der Waals surface area (Å²) < 4.78 is 0. The van der Waals surface area contributed by atoms with E-state index >= 15 is 0 Å². The lowest BCUT2D eigenvalue weighted by Crippen LogP contribution is -2.24. The number of aryl methyl sites for hydroxylation is 1. The molecule has 2 rings (SSSR count). The highest BCUT2D eigenvalue weighted by atomic mass is 32.2. The van der Waals surface area contributed by atoms with Crippen molar-refractivity contribution in [2.75, 3.05) is 16.8 Å². The van der Waals surface area contributed by atoms with Crippen molar-refractivity contribution in [3.05, 3.63) is 11.1 Å². The third kappa shape index (κ3) is 2.64. The fourth-order valence-electron chi connectivity index (χ4n) is 1.55. The average molecular weight is 228 g/mol. The van der Waals surface area contributed by atoms with E-state index in [0.717, 1.165) is 11.6 Å². The maximum absolute atomic E-state index is 4.52. The molecule has 14 heavy (non-hydrogen) atoms. The average Bonchev–Trinajstić information content (AvgIpc) is 2.67. The van der Waals surface area contributed by atoms with E-state index in [0.29, 0.717) is 6.04 Å². The van der Waals surface area contributed by atoms with Gasteiger partial charge >= 0.3 is 0 Å². The molecule has 1 aromatic heterocycles. The number of thioether (sulfide) groups is 1. The summed E-state index contributed by atoms with van der Waals surface area (Å²) in [5, 5.41) is 6.79. The molecule has 0 aliphatic carbocycles. The second kappa shape index (κ2) is 5.03. The first-order valence-electron chi connectivity index (χ1n) is 5.17. The van der Waals surface area contributed by atoms with Crippen LogP contribution in [-0.4, -0.2) is 22.5 Å². The number of thiazole rings is 1. The second-order valence-corrected chi connectivity index (χ2v) is 5.61. The number of nitrogens with zero attached hydrogens (tertiary/aromatic N) is 1. The van der Waals surface area contributed by atoms with Crippen molar-refractivity contribution >= 4 is 28.2 Å². The highest BCUT2D eigenvalue weighted by Gasteiger charge is 2.14. The minimum Gasteiger partial charge on any atom is -0.359 e. The Kier molecular flexibility index (Phi) is 3.70. The summed E-state index contributed by atoms with van der Waals surface area (Å²) in [6.45, 7) is 2.15. The molecule has 4 heteroatoms. The Morgan fingerprint density at radius 3 is 2.93 bits per heavy atom. The van der Waals surface area contributed by atoms with E-state index in [2.05, 4.69) is 34.4 Å². The molecule has 0 bridgehead atoms. The number of nitrogens with one attached hydrogen (secondary N) is 1. The zero-order chi connectivity index (χ0) is 9.80. The molecule has 0 amide bonds. The SMILES string of the molecule is CCc1csc(NC2CCSCC2)n1. The summed E-state index contributed by atoms with van der Waals surface area (Å²) >= 11 is 3.80. The monoisotopic (exact) mass is 228 g/mol. The van der Waals surface area contributed by atoms with Crippen LogP contribution in [0, 0.1) is 0 Å². The summed E-state index contributed by atoms with van der Waals surface area (Å²) in [6.07, 6.45) is 3.61. The van der Waals surface area contributed by atoms with Gasteiger partial charge < -0.3 is 5.32 Å². The van der Waals surface area contributed by atoms with E-state index in [9.17, 15) is 0 Å². The zero-order valence-corrected chi connectivity index (χ0v) is 10.1. The predicted octanol–water partition coefficient (Wildman–Crippen LogP) is 3.01. The summed E-state index contributed by atoms with van der Waals surface area (Å²) in [5.41, 5.74) is 1.21. The molecule has 1 aliphatic rings. The van der Waals surface area contributed by atoms with Gasteiger partial charge in [0.25, 0.3) is 0 Å². The second-order valence-electron chi connectivity index (χ2n) is 3.53. The lowest BCUT2D eigenvalue weighted by Gasteiger charge is -2.21. The number of hydrogen-bond donors (Lipinski definition) is 1. The van der Waals surface area contributed by atoms with Crippen molar-refractivity contribution in [2.24, 2.45) is 0 Å². The van der Waals surface area contributed by atoms with Crippen LogP contribution in [0.1, 0.15) is 25.5 Å². The summed E-state index contributed by atoms with van der Waals surface area (Å²) in [6, 6.07) is 0.659. The third-order valence-corrected chi connectivity index (χ3v) is 4.33. The van der Waals surface area contributed by atoms with Crippen LogP contribution < -0.4 is 5.32 Å². The van der Waals surface area contributed by atoms with Gasteiger partial charge in [-0.25, -0.2) is 4.98 Å². The number of hydrogen-bond acceptors (Lipinski definition) is 4. The minimum atomic E-state index is 0.659. The number of rotatable bonds is 3. The third-order valence-electron chi connectivity index (χ3n) is 2.46. The molecular weight excluding hydrogens is 212 g/mol. The van der Waals surface area contributed by atoms with E-state index in [1.165, 1.54) is 30.0 Å². The smallest absolute Gasteiger partial charge is 0.183 e. The molecule has 1 aromatic rings. The van der Waals surface area contributed by atoms with Crippen molar-refractivity contribution in [1.82, 2.24) is 4.98 Å². The number of aromatic nitrogens is 1. The highest BCUT2D eigenvalue weighted by molar-refractivity contribution is 7.99. The fourth-order valence-corrected chi connectivity index (χ4v) is 3.53. The normalized spacial score (nSPS) is 18.4. The lowest BCUT2D eigenvalue weighted by molar-refractivity contribution is 0.666. The fraction of sp³-hybridized carbons (Fsp3) is 0.700. The Labute approximate surface area is 93.5 Å². The first-order chi connectivity index (χ1) is 6.88. The van der Waals surface area contributed by atoms with Gasteiger partial charge in [0, 0.05) is 11.4 Å². The minimum absolute atomic E-state index is 0.659. The molecule has 1 saturated heterocycles. The molecule has 0 unspecified atom stereocenters. The summed E-state index contributed by atoms with van der Waals surface area (Å²) in [4.78, 5) is 4.52. The van der Waals surface area contributed by atoms with Gasteiger partial charge in [0.05, 0.1) is 5.69 Å². The predicted molar refractivity (Wildman–Crippen MR) is 65.5 cm³/mol. The van der Waals surface area contributed by atoms with Crippen molar-refractivity contribution < 1.29 is 0 Å². The van der Waals surface area contributed by atoms with Gasteiger partial charge in [-0.2, -0.15) is 11.8 Å². The van der Waals surface area contributed by atoms with Crippen LogP contribution in [-0.2, 0) is 6.42 Å². The first kappa shape index (κ1) is 10.3. The molecule has 78 valence electrons. The van der Waals surface area contributed by atoms with Crippen LogP contribution >= 0.6 is 23.1 Å². The van der Waals surface area contributed by atoms with Gasteiger partial charge in [-0.15, -0.1) is 11.3 Å². The van der Waals surface area contributed by atoms with Gasteiger partial charge in [0.2, 0.25) is 0 Å². The topological polar surface area (TPSA) is 24.9 Å². The molecule has 1 fully saturated rings. The Morgan fingerprint density at radius 1 is 1.50 bits per heavy atom. The van der Waals surface area contributed by atoms with Crippen molar-refractivity contribution in [3.63, 3.8) is 0 Å². The van der Waals surface area contributed by atoms with E-state index in [-0.39, 0.29) is 0 Å². The van der Waals surface area contributed by atoms with E-state index in [4.69, 9.17) is 0 Å². The molecule has 0 atom stereocenters. The van der Waals surface area contributed by atoms with Crippen molar-refractivity contribution in [1.29, 1.82) is 0 Å². The summed E-state index contributed by atoms with van der Waals surface area (Å²) in [5.74, 6) is 2.59. The van der Waals surface area contributed by atoms with Crippen LogP contribution in [0.2, 0.25) is 0 Å². The van der Waals surface area contributed by atoms with Crippen LogP contribution in [0.4, 0.5) is 5.13 Å². The molecule has 0 aromatic carbocycles. The molecule has 2 heterocycles. The Bertz CT molecular complexity index is 279. The molecule has 2 nitrogen and oxygen atoms in total. The van der Waals surface area contributed by atoms with Gasteiger partial charge in [-0.3, -0.25) is 0 Å². The van der Waals surface area contributed by atoms with Gasteiger partial charge in [0.1, 0.15) is 0 Å². The lowest BCUT2D eigenvalue weighted by atomic mass is 10.2. The standard InChI is InChI=1S/C10H16N2S2/c1-2-8-7-14-10(11-8)12-9-3-5-13-6-4-9/h7,9H,2-6H2,1H3,(H,11,12). The largest absolute Gasteiger partial charge is 0.359 e. The Balaban J connectivity index is 1.89. The molecule has 1 N–H and O–H groups in total. The van der Waals surface area contributed by atoms with Crippen molar-refractivity contribution in [2.45, 2.75) is 32.2 Å². The van der Waals surface area contributed by atoms with Crippen molar-refractivity contribution in [3.8, 4) is 0 Å². The molecule has 1 aliphatic heterocycles. The molecule has 0 spiro atoms. The Hall–Kier alpha value is -0.220. The van der Waals surface area contributed by atoms with E-state index < -0.39 is 0 Å². The Morgan fingerprint density at radius 2 is 2.29 bits per heavy atom.